The molecule has 10 heteroatoms. The van der Waals surface area contributed by atoms with Gasteiger partial charge in [-0.1, -0.05) is 128 Å². The van der Waals surface area contributed by atoms with Crippen molar-refractivity contribution in [2.24, 2.45) is 0 Å². The number of hydrogen-bond acceptors (Lipinski definition) is 7. The van der Waals surface area contributed by atoms with Gasteiger partial charge in [0.15, 0.2) is 6.10 Å². The average molecular weight is 717 g/mol. The van der Waals surface area contributed by atoms with Gasteiger partial charge in [0.2, 0.25) is 0 Å². The lowest BCUT2D eigenvalue weighted by molar-refractivity contribution is -0.870. The van der Waals surface area contributed by atoms with E-state index in [0.29, 0.717) is 17.4 Å². The van der Waals surface area contributed by atoms with Crippen molar-refractivity contribution in [1.82, 2.24) is 0 Å². The van der Waals surface area contributed by atoms with Crippen molar-refractivity contribution in [3.05, 3.63) is 24.3 Å². The molecule has 49 heavy (non-hydrogen) atoms. The molecule has 288 valence electrons. The van der Waals surface area contributed by atoms with E-state index in [-0.39, 0.29) is 32.0 Å². The summed E-state index contributed by atoms with van der Waals surface area (Å²) in [6, 6.07) is 0. The van der Waals surface area contributed by atoms with E-state index in [2.05, 4.69) is 38.2 Å². The Labute approximate surface area is 300 Å². The highest BCUT2D eigenvalue weighted by molar-refractivity contribution is 7.47. The van der Waals surface area contributed by atoms with Crippen LogP contribution < -0.4 is 0 Å². The number of unbranched alkanes of at least 4 members (excludes halogenated alkanes) is 17. The summed E-state index contributed by atoms with van der Waals surface area (Å²) in [4.78, 5) is 35.1. The Bertz CT molecular complexity index is 902. The number of carbonyl (C=O) groups is 2. The van der Waals surface area contributed by atoms with Crippen molar-refractivity contribution in [2.75, 3.05) is 47.5 Å². The van der Waals surface area contributed by atoms with E-state index in [0.717, 1.165) is 57.8 Å². The van der Waals surface area contributed by atoms with Gasteiger partial charge in [0.25, 0.3) is 0 Å². The van der Waals surface area contributed by atoms with Gasteiger partial charge in [-0.3, -0.25) is 18.6 Å². The minimum absolute atomic E-state index is 0.0302. The van der Waals surface area contributed by atoms with Gasteiger partial charge in [0.05, 0.1) is 27.7 Å². The molecule has 0 aromatic carbocycles. The highest BCUT2D eigenvalue weighted by Crippen LogP contribution is 2.43. The molecule has 0 amide bonds. The van der Waals surface area contributed by atoms with Gasteiger partial charge in [-0.25, -0.2) is 4.57 Å². The van der Waals surface area contributed by atoms with Crippen LogP contribution in [0.5, 0.6) is 0 Å². The molecule has 9 nitrogen and oxygen atoms in total. The topological polar surface area (TPSA) is 108 Å². The maximum atomic E-state index is 12.6. The Hall–Kier alpha value is -1.51. The largest absolute Gasteiger partial charge is 0.472 e. The highest BCUT2D eigenvalue weighted by atomic mass is 31.2. The Morgan fingerprint density at radius 2 is 1.10 bits per heavy atom. The summed E-state index contributed by atoms with van der Waals surface area (Å²) in [5, 5.41) is 0. The number of carbonyl (C=O) groups excluding carboxylic acids is 2. The van der Waals surface area contributed by atoms with Crippen LogP contribution in [0.2, 0.25) is 0 Å². The first-order valence-corrected chi connectivity index (χ1v) is 21.1. The predicted molar refractivity (Wildman–Crippen MR) is 201 cm³/mol. The van der Waals surface area contributed by atoms with Crippen molar-refractivity contribution in [3.8, 4) is 0 Å². The van der Waals surface area contributed by atoms with Crippen molar-refractivity contribution in [3.63, 3.8) is 0 Å². The van der Waals surface area contributed by atoms with Crippen LogP contribution in [-0.2, 0) is 32.7 Å². The van der Waals surface area contributed by atoms with Gasteiger partial charge < -0.3 is 18.9 Å². The molecule has 0 fully saturated rings. The standard InChI is InChI=1S/C39H74NO8P/c1-6-8-10-12-14-16-18-19-20-21-22-24-26-28-30-32-39(42)48-37(36-47-49(43,44)46-34-33-40(3,4)5)35-45-38(41)31-29-27-25-23-17-15-13-11-9-7-2/h14,16,19-20,37H,6-13,15,17-18,21-36H2,1-5H3/p+1/b16-14-,20-19-. The molecular formula is C39H75NO8P+. The van der Waals surface area contributed by atoms with E-state index in [1.807, 2.05) is 21.1 Å². The monoisotopic (exact) mass is 717 g/mol. The molecule has 1 N–H and O–H groups in total. The molecular weight excluding hydrogens is 641 g/mol. The maximum absolute atomic E-state index is 12.6. The summed E-state index contributed by atoms with van der Waals surface area (Å²) in [6.07, 6.45) is 32.2. The Morgan fingerprint density at radius 3 is 1.65 bits per heavy atom. The molecule has 0 spiro atoms. The molecule has 0 radical (unpaired) electrons. The maximum Gasteiger partial charge on any atom is 0.472 e. The SMILES string of the molecule is CCCCC/C=C\C/C=C\CCCCCCCC(=O)OC(COC(=O)CCCCCCCCCCCC)COP(=O)(O)OCC[N+](C)(C)C. The lowest BCUT2D eigenvalue weighted by atomic mass is 10.1. The minimum Gasteiger partial charge on any atom is -0.462 e. The first-order valence-electron chi connectivity index (χ1n) is 19.6. The molecule has 0 aromatic heterocycles. The van der Waals surface area contributed by atoms with Gasteiger partial charge in [-0.2, -0.15) is 0 Å². The van der Waals surface area contributed by atoms with Crippen LogP contribution >= 0.6 is 7.82 Å². The Kier molecular flexibility index (Phi) is 31.4. The zero-order chi connectivity index (χ0) is 36.5. The Balaban J connectivity index is 4.45. The van der Waals surface area contributed by atoms with Gasteiger partial charge in [-0.15, -0.1) is 0 Å². The highest BCUT2D eigenvalue weighted by Gasteiger charge is 2.27. The number of allylic oxidation sites excluding steroid dienone is 4. The van der Waals surface area contributed by atoms with Crippen LogP contribution in [0.3, 0.4) is 0 Å². The number of phosphoric acid groups is 1. The van der Waals surface area contributed by atoms with E-state index < -0.39 is 26.5 Å². The van der Waals surface area contributed by atoms with Crippen molar-refractivity contribution in [2.45, 2.75) is 168 Å². The number of quaternary nitrogens is 1. The molecule has 0 aromatic rings. The quantitative estimate of drug-likeness (QED) is 0.0227. The van der Waals surface area contributed by atoms with Crippen LogP contribution in [-0.4, -0.2) is 74.9 Å². The van der Waals surface area contributed by atoms with Crippen LogP contribution in [0.4, 0.5) is 0 Å². The Morgan fingerprint density at radius 1 is 0.633 bits per heavy atom. The number of phosphoric ester groups is 1. The van der Waals surface area contributed by atoms with Crippen molar-refractivity contribution >= 4 is 19.8 Å². The molecule has 0 heterocycles. The molecule has 0 aliphatic heterocycles. The molecule has 0 aliphatic carbocycles. The van der Waals surface area contributed by atoms with Crippen LogP contribution in [0.25, 0.3) is 0 Å². The molecule has 0 rings (SSSR count). The predicted octanol–water partition coefficient (Wildman–Crippen LogP) is 10.4. The van der Waals surface area contributed by atoms with Gasteiger partial charge >= 0.3 is 19.8 Å². The van der Waals surface area contributed by atoms with Crippen LogP contribution in [0.15, 0.2) is 24.3 Å². The van der Waals surface area contributed by atoms with Crippen LogP contribution in [0, 0.1) is 0 Å². The fourth-order valence-corrected chi connectivity index (χ4v) is 5.84. The molecule has 0 aliphatic rings. The molecule has 2 atom stereocenters. The van der Waals surface area contributed by atoms with Crippen molar-refractivity contribution in [1.29, 1.82) is 0 Å². The lowest BCUT2D eigenvalue weighted by Crippen LogP contribution is -2.37. The second-order valence-electron chi connectivity index (χ2n) is 14.3. The smallest absolute Gasteiger partial charge is 0.462 e. The third-order valence-corrected chi connectivity index (χ3v) is 9.22. The van der Waals surface area contributed by atoms with Gasteiger partial charge in [0, 0.05) is 12.8 Å². The van der Waals surface area contributed by atoms with Gasteiger partial charge in [-0.05, 0) is 44.9 Å². The fourth-order valence-electron chi connectivity index (χ4n) is 5.10. The van der Waals surface area contributed by atoms with Crippen molar-refractivity contribution < 1.29 is 42.1 Å². The van der Waals surface area contributed by atoms with E-state index >= 15 is 0 Å². The summed E-state index contributed by atoms with van der Waals surface area (Å²) in [7, 11) is 1.47. The zero-order valence-electron chi connectivity index (χ0n) is 32.2. The summed E-state index contributed by atoms with van der Waals surface area (Å²) in [5.74, 6) is -0.815. The number of likely N-dealkylation sites (N-methyl/N-ethyl adjacent to an activating group) is 1. The normalized spacial score (nSPS) is 14.0. The third-order valence-electron chi connectivity index (χ3n) is 8.23. The molecule has 0 bridgehead atoms. The number of hydrogen-bond donors (Lipinski definition) is 1. The second kappa shape index (κ2) is 32.4. The van der Waals surface area contributed by atoms with Gasteiger partial charge in [0.1, 0.15) is 19.8 Å². The summed E-state index contributed by atoms with van der Waals surface area (Å²) < 4.78 is 34.1. The fraction of sp³-hybridized carbons (Fsp3) is 0.846. The van der Waals surface area contributed by atoms with Crippen LogP contribution in [0.1, 0.15) is 162 Å². The zero-order valence-corrected chi connectivity index (χ0v) is 33.1. The minimum atomic E-state index is -4.37. The number of nitrogens with zero attached hydrogens (tertiary/aromatic N) is 1. The first kappa shape index (κ1) is 47.5. The van der Waals surface area contributed by atoms with E-state index in [1.54, 1.807) is 0 Å². The first-order chi connectivity index (χ1) is 23.5. The number of esters is 2. The summed E-state index contributed by atoms with van der Waals surface area (Å²) in [5.41, 5.74) is 0. The second-order valence-corrected chi connectivity index (χ2v) is 15.8. The third kappa shape index (κ3) is 36.1. The molecule has 0 saturated heterocycles. The number of rotatable bonds is 35. The average Bonchev–Trinajstić information content (AvgIpc) is 3.04. The molecule has 2 unspecified atom stereocenters. The summed E-state index contributed by atoms with van der Waals surface area (Å²) >= 11 is 0. The van der Waals surface area contributed by atoms with E-state index in [4.69, 9.17) is 18.5 Å². The molecule has 0 saturated carbocycles. The lowest BCUT2D eigenvalue weighted by Gasteiger charge is -2.24. The van der Waals surface area contributed by atoms with E-state index in [9.17, 15) is 19.0 Å². The van der Waals surface area contributed by atoms with E-state index in [1.165, 1.54) is 70.6 Å². The summed E-state index contributed by atoms with van der Waals surface area (Å²) in [6.45, 7) is 4.35. The number of ether oxygens (including phenoxy) is 2.